The molecule has 0 aliphatic rings. The standard InChI is InChI=1S/C15H15Cl2NO/c1-10(11-6-7-13(16)14(17)8-11)18-15-5-3-2-4-12(15)9-19/h2-8,10,18-19H,9H2,1H3. The van der Waals surface area contributed by atoms with E-state index in [1.165, 1.54) is 0 Å². The van der Waals surface area contributed by atoms with Crippen LogP contribution < -0.4 is 5.32 Å². The first-order valence-corrected chi connectivity index (χ1v) is 6.77. The maximum atomic E-state index is 9.30. The summed E-state index contributed by atoms with van der Waals surface area (Å²) in [4.78, 5) is 0. The van der Waals surface area contributed by atoms with E-state index in [-0.39, 0.29) is 12.6 Å². The summed E-state index contributed by atoms with van der Waals surface area (Å²) in [6, 6.07) is 13.3. The number of aliphatic hydroxyl groups is 1. The molecule has 4 heteroatoms. The van der Waals surface area contributed by atoms with Gasteiger partial charge in [-0.3, -0.25) is 0 Å². The first-order valence-electron chi connectivity index (χ1n) is 6.02. The fourth-order valence-electron chi connectivity index (χ4n) is 1.90. The Labute approximate surface area is 123 Å². The molecule has 0 saturated heterocycles. The Morgan fingerprint density at radius 3 is 2.53 bits per heavy atom. The molecule has 0 aromatic heterocycles. The summed E-state index contributed by atoms with van der Waals surface area (Å²) in [6.45, 7) is 2.05. The zero-order chi connectivity index (χ0) is 13.8. The highest BCUT2D eigenvalue weighted by atomic mass is 35.5. The SMILES string of the molecule is CC(Nc1ccccc1CO)c1ccc(Cl)c(Cl)c1. The number of hydrogen-bond acceptors (Lipinski definition) is 2. The molecule has 19 heavy (non-hydrogen) atoms. The predicted molar refractivity (Wildman–Crippen MR) is 80.9 cm³/mol. The number of nitrogens with one attached hydrogen (secondary N) is 1. The molecule has 0 saturated carbocycles. The second-order valence-corrected chi connectivity index (χ2v) is 5.17. The maximum Gasteiger partial charge on any atom is 0.0701 e. The zero-order valence-electron chi connectivity index (χ0n) is 10.5. The molecule has 100 valence electrons. The van der Waals surface area contributed by atoms with Gasteiger partial charge in [0.15, 0.2) is 0 Å². The molecular formula is C15H15Cl2NO. The normalized spacial score (nSPS) is 12.2. The van der Waals surface area contributed by atoms with Gasteiger partial charge in [-0.1, -0.05) is 47.5 Å². The highest BCUT2D eigenvalue weighted by Gasteiger charge is 2.09. The van der Waals surface area contributed by atoms with Crippen LogP contribution in [0.3, 0.4) is 0 Å². The fourth-order valence-corrected chi connectivity index (χ4v) is 2.20. The van der Waals surface area contributed by atoms with Crippen molar-refractivity contribution in [1.82, 2.24) is 0 Å². The van der Waals surface area contributed by atoms with Crippen LogP contribution in [0.4, 0.5) is 5.69 Å². The van der Waals surface area contributed by atoms with Crippen molar-refractivity contribution in [2.75, 3.05) is 5.32 Å². The number of para-hydroxylation sites is 1. The van der Waals surface area contributed by atoms with Crippen molar-refractivity contribution < 1.29 is 5.11 Å². The maximum absolute atomic E-state index is 9.30. The summed E-state index contributed by atoms with van der Waals surface area (Å²) in [6.07, 6.45) is 0. The van der Waals surface area contributed by atoms with Crippen LogP contribution in [0.2, 0.25) is 10.0 Å². The summed E-state index contributed by atoms with van der Waals surface area (Å²) in [5, 5.41) is 13.8. The third kappa shape index (κ3) is 3.41. The molecule has 0 fully saturated rings. The molecule has 0 heterocycles. The van der Waals surface area contributed by atoms with Crippen LogP contribution in [-0.2, 0) is 6.61 Å². The topological polar surface area (TPSA) is 32.3 Å². The largest absolute Gasteiger partial charge is 0.392 e. The molecule has 2 N–H and O–H groups in total. The number of rotatable bonds is 4. The van der Waals surface area contributed by atoms with E-state index >= 15 is 0 Å². The Hall–Kier alpha value is -1.22. The van der Waals surface area contributed by atoms with E-state index in [0.29, 0.717) is 10.0 Å². The van der Waals surface area contributed by atoms with Crippen molar-refractivity contribution in [3.05, 3.63) is 63.6 Å². The summed E-state index contributed by atoms with van der Waals surface area (Å²) in [5.41, 5.74) is 2.83. The Balaban J connectivity index is 2.20. The quantitative estimate of drug-likeness (QED) is 0.860. The summed E-state index contributed by atoms with van der Waals surface area (Å²) in [5.74, 6) is 0. The van der Waals surface area contributed by atoms with Crippen LogP contribution in [0.5, 0.6) is 0 Å². The Morgan fingerprint density at radius 1 is 1.11 bits per heavy atom. The monoisotopic (exact) mass is 295 g/mol. The Bertz CT molecular complexity index is 572. The highest BCUT2D eigenvalue weighted by Crippen LogP contribution is 2.28. The van der Waals surface area contributed by atoms with Crippen molar-refractivity contribution >= 4 is 28.9 Å². The first-order chi connectivity index (χ1) is 9.11. The molecule has 2 rings (SSSR count). The summed E-state index contributed by atoms with van der Waals surface area (Å²) >= 11 is 11.9. The fraction of sp³-hybridized carbons (Fsp3) is 0.200. The van der Waals surface area contributed by atoms with Gasteiger partial charge in [-0.05, 0) is 30.7 Å². The van der Waals surface area contributed by atoms with Gasteiger partial charge in [0.1, 0.15) is 0 Å². The smallest absolute Gasteiger partial charge is 0.0701 e. The van der Waals surface area contributed by atoms with Crippen LogP contribution in [0.15, 0.2) is 42.5 Å². The van der Waals surface area contributed by atoms with E-state index < -0.39 is 0 Å². The molecule has 2 aromatic rings. The first kappa shape index (κ1) is 14.2. The lowest BCUT2D eigenvalue weighted by molar-refractivity contribution is 0.282. The van der Waals surface area contributed by atoms with Gasteiger partial charge in [-0.2, -0.15) is 0 Å². The van der Waals surface area contributed by atoms with E-state index in [2.05, 4.69) is 5.32 Å². The van der Waals surface area contributed by atoms with Crippen LogP contribution in [-0.4, -0.2) is 5.11 Å². The molecule has 0 aliphatic carbocycles. The third-order valence-corrected chi connectivity index (χ3v) is 3.74. The minimum absolute atomic E-state index is 0.0112. The lowest BCUT2D eigenvalue weighted by Crippen LogP contribution is -2.08. The molecule has 2 nitrogen and oxygen atoms in total. The second-order valence-electron chi connectivity index (χ2n) is 4.35. The van der Waals surface area contributed by atoms with Crippen LogP contribution >= 0.6 is 23.2 Å². The highest BCUT2D eigenvalue weighted by molar-refractivity contribution is 6.42. The molecule has 0 spiro atoms. The van der Waals surface area contributed by atoms with Crippen molar-refractivity contribution in [3.8, 4) is 0 Å². The van der Waals surface area contributed by atoms with E-state index in [1.807, 2.05) is 43.3 Å². The van der Waals surface area contributed by atoms with Crippen LogP contribution in [0.25, 0.3) is 0 Å². The molecular weight excluding hydrogens is 281 g/mol. The zero-order valence-corrected chi connectivity index (χ0v) is 12.0. The summed E-state index contributed by atoms with van der Waals surface area (Å²) < 4.78 is 0. The van der Waals surface area contributed by atoms with E-state index in [1.54, 1.807) is 6.07 Å². The van der Waals surface area contributed by atoms with Gasteiger partial charge in [0.05, 0.1) is 16.7 Å². The second kappa shape index (κ2) is 6.29. The number of halogens is 2. The molecule has 2 aromatic carbocycles. The average molecular weight is 296 g/mol. The van der Waals surface area contributed by atoms with Gasteiger partial charge in [-0.15, -0.1) is 0 Å². The molecule has 0 aliphatic heterocycles. The molecule has 0 amide bonds. The third-order valence-electron chi connectivity index (χ3n) is 3.00. The molecule has 1 unspecified atom stereocenters. The van der Waals surface area contributed by atoms with Gasteiger partial charge >= 0.3 is 0 Å². The van der Waals surface area contributed by atoms with Crippen molar-refractivity contribution in [1.29, 1.82) is 0 Å². The van der Waals surface area contributed by atoms with E-state index in [4.69, 9.17) is 23.2 Å². The molecule has 0 radical (unpaired) electrons. The van der Waals surface area contributed by atoms with Gasteiger partial charge in [0, 0.05) is 17.3 Å². The van der Waals surface area contributed by atoms with E-state index in [0.717, 1.165) is 16.8 Å². The van der Waals surface area contributed by atoms with Crippen LogP contribution in [0.1, 0.15) is 24.1 Å². The van der Waals surface area contributed by atoms with Gasteiger partial charge in [-0.25, -0.2) is 0 Å². The number of aliphatic hydroxyl groups excluding tert-OH is 1. The number of hydrogen-bond donors (Lipinski definition) is 2. The minimum atomic E-state index is 0.0112. The Kier molecular flexibility index (Phi) is 4.70. The lowest BCUT2D eigenvalue weighted by Gasteiger charge is -2.18. The molecule has 1 atom stereocenters. The lowest BCUT2D eigenvalue weighted by atomic mass is 10.1. The van der Waals surface area contributed by atoms with E-state index in [9.17, 15) is 5.11 Å². The van der Waals surface area contributed by atoms with Gasteiger partial charge in [0.25, 0.3) is 0 Å². The number of anilines is 1. The van der Waals surface area contributed by atoms with Gasteiger partial charge < -0.3 is 10.4 Å². The minimum Gasteiger partial charge on any atom is -0.392 e. The Morgan fingerprint density at radius 2 is 1.84 bits per heavy atom. The summed E-state index contributed by atoms with van der Waals surface area (Å²) in [7, 11) is 0. The molecule has 0 bridgehead atoms. The number of benzene rings is 2. The van der Waals surface area contributed by atoms with Crippen molar-refractivity contribution in [3.63, 3.8) is 0 Å². The van der Waals surface area contributed by atoms with Crippen molar-refractivity contribution in [2.24, 2.45) is 0 Å². The van der Waals surface area contributed by atoms with Gasteiger partial charge in [0.2, 0.25) is 0 Å². The van der Waals surface area contributed by atoms with Crippen LogP contribution in [0, 0.1) is 0 Å². The average Bonchev–Trinajstić information content (AvgIpc) is 2.42. The predicted octanol–water partition coefficient (Wildman–Crippen LogP) is 4.66. The van der Waals surface area contributed by atoms with Crippen molar-refractivity contribution in [2.45, 2.75) is 19.6 Å².